The summed E-state index contributed by atoms with van der Waals surface area (Å²) in [5.74, 6) is 1.84. The van der Waals surface area contributed by atoms with Crippen LogP contribution in [0.4, 0.5) is 0 Å². The summed E-state index contributed by atoms with van der Waals surface area (Å²) >= 11 is 3.61. The van der Waals surface area contributed by atoms with Gasteiger partial charge >= 0.3 is 5.97 Å². The molecular formula is C24H29BrO5. The summed E-state index contributed by atoms with van der Waals surface area (Å²) in [4.78, 5) is 12.5. The smallest absolute Gasteiger partial charge is 0.309 e. The number of hydrogen-bond donors (Lipinski definition) is 0. The van der Waals surface area contributed by atoms with Gasteiger partial charge in [0.2, 0.25) is 0 Å². The normalized spacial score (nSPS) is 16.3. The number of esters is 1. The second-order valence-corrected chi connectivity index (χ2v) is 8.76. The Bertz CT molecular complexity index is 863. The van der Waals surface area contributed by atoms with Crippen LogP contribution < -0.4 is 14.2 Å². The third kappa shape index (κ3) is 5.91. The number of hydrogen-bond acceptors (Lipinski definition) is 5. The van der Waals surface area contributed by atoms with E-state index >= 15 is 0 Å². The van der Waals surface area contributed by atoms with Crippen molar-refractivity contribution in [2.24, 2.45) is 5.92 Å². The molecule has 0 saturated carbocycles. The summed E-state index contributed by atoms with van der Waals surface area (Å²) in [6.07, 6.45) is 2.18. The largest absolute Gasteiger partial charge is 0.491 e. The van der Waals surface area contributed by atoms with Crippen molar-refractivity contribution < 1.29 is 23.7 Å². The Labute approximate surface area is 186 Å². The van der Waals surface area contributed by atoms with Gasteiger partial charge in [-0.15, -0.1) is 0 Å². The molecule has 0 aromatic heterocycles. The van der Waals surface area contributed by atoms with Crippen LogP contribution in [0.1, 0.15) is 38.3 Å². The van der Waals surface area contributed by atoms with Gasteiger partial charge in [0.05, 0.1) is 19.1 Å². The van der Waals surface area contributed by atoms with Gasteiger partial charge in [0.25, 0.3) is 0 Å². The minimum atomic E-state index is -0.252. The molecule has 0 N–H and O–H groups in total. The van der Waals surface area contributed by atoms with Gasteiger partial charge in [0.15, 0.2) is 11.5 Å². The molecule has 0 fully saturated rings. The molecule has 2 aromatic carbocycles. The summed E-state index contributed by atoms with van der Waals surface area (Å²) in [6.45, 7) is 6.51. The van der Waals surface area contributed by atoms with E-state index in [4.69, 9.17) is 18.9 Å². The maximum atomic E-state index is 12.5. The lowest BCUT2D eigenvalue weighted by Crippen LogP contribution is -2.26. The van der Waals surface area contributed by atoms with Crippen molar-refractivity contribution in [1.29, 1.82) is 0 Å². The SMILES string of the molecule is COC(=O)C(CCc1ccc(OC(C)C)cc1)Cc1cc2c(cc1Br)OCC(C)O2. The van der Waals surface area contributed by atoms with Crippen molar-refractivity contribution in [2.45, 2.75) is 52.2 Å². The molecule has 0 bridgehead atoms. The molecule has 5 nitrogen and oxygen atoms in total. The highest BCUT2D eigenvalue weighted by Crippen LogP contribution is 2.38. The molecule has 0 radical (unpaired) electrons. The Morgan fingerprint density at radius 1 is 1.20 bits per heavy atom. The van der Waals surface area contributed by atoms with E-state index in [1.165, 1.54) is 7.11 Å². The average Bonchev–Trinajstić information content (AvgIpc) is 2.71. The topological polar surface area (TPSA) is 54.0 Å². The minimum Gasteiger partial charge on any atom is -0.491 e. The molecule has 1 aliphatic rings. The van der Waals surface area contributed by atoms with E-state index in [1.54, 1.807) is 0 Å². The fraction of sp³-hybridized carbons (Fsp3) is 0.458. The molecule has 2 unspecified atom stereocenters. The monoisotopic (exact) mass is 476 g/mol. The summed E-state index contributed by atoms with van der Waals surface area (Å²) < 4.78 is 23.3. The molecular weight excluding hydrogens is 448 g/mol. The van der Waals surface area contributed by atoms with Crippen molar-refractivity contribution in [3.05, 3.63) is 52.0 Å². The van der Waals surface area contributed by atoms with Gasteiger partial charge in [-0.1, -0.05) is 28.1 Å². The Hall–Kier alpha value is -2.21. The number of ether oxygens (including phenoxy) is 4. The van der Waals surface area contributed by atoms with Crippen molar-refractivity contribution >= 4 is 21.9 Å². The zero-order chi connectivity index (χ0) is 21.7. The van der Waals surface area contributed by atoms with E-state index in [1.807, 2.05) is 57.2 Å². The second-order valence-electron chi connectivity index (χ2n) is 7.90. The quantitative estimate of drug-likeness (QED) is 0.479. The summed E-state index contributed by atoms with van der Waals surface area (Å²) in [5.41, 5.74) is 2.16. The molecule has 0 aliphatic carbocycles. The first-order valence-electron chi connectivity index (χ1n) is 10.3. The lowest BCUT2D eigenvalue weighted by molar-refractivity contribution is -0.145. The highest BCUT2D eigenvalue weighted by atomic mass is 79.9. The molecule has 6 heteroatoms. The Balaban J connectivity index is 1.69. The number of methoxy groups -OCH3 is 1. The molecule has 0 saturated heterocycles. The van der Waals surface area contributed by atoms with Crippen LogP contribution in [0.15, 0.2) is 40.9 Å². The molecule has 0 spiro atoms. The Morgan fingerprint density at radius 2 is 1.93 bits per heavy atom. The molecule has 162 valence electrons. The van der Waals surface area contributed by atoms with Gasteiger partial charge in [-0.2, -0.15) is 0 Å². The summed E-state index contributed by atoms with van der Waals surface area (Å²) in [6, 6.07) is 11.9. The number of carbonyl (C=O) groups excluding carboxylic acids is 1. The highest BCUT2D eigenvalue weighted by Gasteiger charge is 2.24. The predicted octanol–water partition coefficient (Wildman–Crippen LogP) is 5.36. The first-order chi connectivity index (χ1) is 14.4. The molecule has 0 amide bonds. The van der Waals surface area contributed by atoms with E-state index < -0.39 is 0 Å². The van der Waals surface area contributed by atoms with Gasteiger partial charge in [-0.3, -0.25) is 4.79 Å². The van der Waals surface area contributed by atoms with Crippen molar-refractivity contribution in [3.8, 4) is 17.2 Å². The Kier molecular flexibility index (Phi) is 7.64. The average molecular weight is 477 g/mol. The first kappa shape index (κ1) is 22.5. The van der Waals surface area contributed by atoms with Crippen LogP contribution in [-0.4, -0.2) is 31.9 Å². The molecule has 2 aromatic rings. The summed E-state index contributed by atoms with van der Waals surface area (Å²) in [5, 5.41) is 0. The molecule has 1 aliphatic heterocycles. The van der Waals surface area contributed by atoms with Crippen LogP contribution in [0.2, 0.25) is 0 Å². The van der Waals surface area contributed by atoms with Gasteiger partial charge in [-0.05, 0) is 75.4 Å². The van der Waals surface area contributed by atoms with E-state index in [9.17, 15) is 4.79 Å². The van der Waals surface area contributed by atoms with Crippen LogP contribution in [-0.2, 0) is 22.4 Å². The predicted molar refractivity (Wildman–Crippen MR) is 119 cm³/mol. The number of halogens is 1. The maximum absolute atomic E-state index is 12.5. The third-order valence-corrected chi connectivity index (χ3v) is 5.73. The lowest BCUT2D eigenvalue weighted by Gasteiger charge is -2.25. The number of rotatable bonds is 8. The van der Waals surface area contributed by atoms with Crippen LogP contribution in [0.5, 0.6) is 17.2 Å². The van der Waals surface area contributed by atoms with Crippen LogP contribution in [0.25, 0.3) is 0 Å². The van der Waals surface area contributed by atoms with E-state index in [-0.39, 0.29) is 24.1 Å². The van der Waals surface area contributed by atoms with E-state index in [0.717, 1.165) is 39.3 Å². The number of carbonyl (C=O) groups is 1. The third-order valence-electron chi connectivity index (χ3n) is 4.99. The highest BCUT2D eigenvalue weighted by molar-refractivity contribution is 9.10. The molecule has 30 heavy (non-hydrogen) atoms. The zero-order valence-corrected chi connectivity index (χ0v) is 19.5. The Morgan fingerprint density at radius 3 is 2.60 bits per heavy atom. The fourth-order valence-electron chi connectivity index (χ4n) is 3.48. The maximum Gasteiger partial charge on any atom is 0.309 e. The summed E-state index contributed by atoms with van der Waals surface area (Å²) in [7, 11) is 1.44. The number of aryl methyl sites for hydroxylation is 1. The minimum absolute atomic E-state index is 0.00516. The molecule has 3 rings (SSSR count). The second kappa shape index (κ2) is 10.2. The molecule has 1 heterocycles. The number of fused-ring (bicyclic) bond motifs is 1. The zero-order valence-electron chi connectivity index (χ0n) is 17.9. The standard InChI is InChI=1S/C24H29BrO5/c1-15(2)29-20-9-6-17(7-10-20)5-8-18(24(26)27-4)11-19-12-23-22(13-21(19)25)28-14-16(3)30-23/h6-7,9-10,12-13,15-16,18H,5,8,11,14H2,1-4H3. The van der Waals surface area contributed by atoms with E-state index in [0.29, 0.717) is 19.4 Å². The van der Waals surface area contributed by atoms with Gasteiger partial charge in [-0.25, -0.2) is 0 Å². The van der Waals surface area contributed by atoms with Crippen molar-refractivity contribution in [1.82, 2.24) is 0 Å². The van der Waals surface area contributed by atoms with Gasteiger partial charge < -0.3 is 18.9 Å². The van der Waals surface area contributed by atoms with Gasteiger partial charge in [0.1, 0.15) is 18.5 Å². The first-order valence-corrected chi connectivity index (χ1v) is 11.1. The molecule has 2 atom stereocenters. The fourth-order valence-corrected chi connectivity index (χ4v) is 3.96. The number of benzene rings is 2. The van der Waals surface area contributed by atoms with Gasteiger partial charge in [0, 0.05) is 4.47 Å². The van der Waals surface area contributed by atoms with Crippen LogP contribution in [0, 0.1) is 5.92 Å². The van der Waals surface area contributed by atoms with Crippen LogP contribution in [0.3, 0.4) is 0 Å². The van der Waals surface area contributed by atoms with Crippen LogP contribution >= 0.6 is 15.9 Å². The van der Waals surface area contributed by atoms with Crippen molar-refractivity contribution in [3.63, 3.8) is 0 Å². The van der Waals surface area contributed by atoms with Crippen molar-refractivity contribution in [2.75, 3.05) is 13.7 Å². The lowest BCUT2D eigenvalue weighted by atomic mass is 9.92. The van der Waals surface area contributed by atoms with E-state index in [2.05, 4.69) is 15.9 Å².